The maximum atomic E-state index is 12.6. The predicted octanol–water partition coefficient (Wildman–Crippen LogP) is 2.13. The molecule has 0 unspecified atom stereocenters. The fourth-order valence-electron chi connectivity index (χ4n) is 4.37. The number of ether oxygens (including phenoxy) is 4. The average Bonchev–Trinajstić information content (AvgIpc) is 2.86. The van der Waals surface area contributed by atoms with E-state index in [0.29, 0.717) is 51.5 Å². The van der Waals surface area contributed by atoms with Crippen LogP contribution in [0.3, 0.4) is 0 Å². The summed E-state index contributed by atoms with van der Waals surface area (Å²) < 4.78 is 48.6. The van der Waals surface area contributed by atoms with E-state index in [-0.39, 0.29) is 11.4 Å². The van der Waals surface area contributed by atoms with Gasteiger partial charge in [0.05, 0.1) is 39.7 Å². The van der Waals surface area contributed by atoms with E-state index >= 15 is 0 Å². The van der Waals surface area contributed by atoms with Gasteiger partial charge in [0, 0.05) is 38.7 Å². The van der Waals surface area contributed by atoms with Gasteiger partial charge >= 0.3 is 10.2 Å². The van der Waals surface area contributed by atoms with Gasteiger partial charge in [0.15, 0.2) is 11.5 Å². The Balaban J connectivity index is 2.37. The molecule has 0 saturated carbocycles. The molecular formula is C25H34N4O7S. The highest BCUT2D eigenvalue weighted by Crippen LogP contribution is 2.44. The molecule has 3 rings (SSSR count). The first kappa shape index (κ1) is 28.1. The van der Waals surface area contributed by atoms with Crippen molar-refractivity contribution in [3.8, 4) is 11.5 Å². The molecule has 2 aromatic carbocycles. The van der Waals surface area contributed by atoms with Crippen molar-refractivity contribution in [2.75, 3.05) is 70.9 Å². The first-order chi connectivity index (χ1) is 17.6. The molecule has 1 fully saturated rings. The number of nitrogens with zero attached hydrogens (tertiary/aromatic N) is 3. The fraction of sp³-hybridized carbons (Fsp3) is 0.400. The second-order valence-electron chi connectivity index (χ2n) is 8.43. The van der Waals surface area contributed by atoms with Crippen LogP contribution in [0.4, 0.5) is 11.4 Å². The number of methoxy groups -OCH3 is 4. The highest BCUT2D eigenvalue weighted by molar-refractivity contribution is 7.91. The van der Waals surface area contributed by atoms with Crippen LogP contribution in [0.1, 0.15) is 18.1 Å². The zero-order valence-corrected chi connectivity index (χ0v) is 22.8. The van der Waals surface area contributed by atoms with Gasteiger partial charge in [0.1, 0.15) is 17.2 Å². The Morgan fingerprint density at radius 1 is 0.919 bits per heavy atom. The summed E-state index contributed by atoms with van der Waals surface area (Å²) in [4.78, 5) is 16.8. The molecular weight excluding hydrogens is 500 g/mol. The van der Waals surface area contributed by atoms with Gasteiger partial charge in [-0.15, -0.1) is 0 Å². The molecule has 1 heterocycles. The van der Waals surface area contributed by atoms with Crippen molar-refractivity contribution in [3.05, 3.63) is 47.5 Å². The molecule has 37 heavy (non-hydrogen) atoms. The molecule has 1 aliphatic heterocycles. The Morgan fingerprint density at radius 3 is 2.03 bits per heavy atom. The number of amides is 1. The zero-order chi connectivity index (χ0) is 27.3. The third kappa shape index (κ3) is 5.92. The Hall–Kier alpha value is -3.48. The van der Waals surface area contributed by atoms with E-state index in [1.165, 1.54) is 27.4 Å². The number of anilines is 2. The predicted molar refractivity (Wildman–Crippen MR) is 143 cm³/mol. The summed E-state index contributed by atoms with van der Waals surface area (Å²) in [6.07, 6.45) is 0. The van der Waals surface area contributed by atoms with Crippen molar-refractivity contribution in [2.45, 2.75) is 6.92 Å². The number of benzene rings is 2. The van der Waals surface area contributed by atoms with Gasteiger partial charge < -0.3 is 28.7 Å². The van der Waals surface area contributed by atoms with Gasteiger partial charge in [-0.1, -0.05) is 12.1 Å². The van der Waals surface area contributed by atoms with Gasteiger partial charge in [-0.05, 0) is 31.3 Å². The maximum Gasteiger partial charge on any atom is 0.305 e. The molecule has 2 N–H and O–H groups in total. The fourth-order valence-corrected chi connectivity index (χ4v) is 5.14. The van der Waals surface area contributed by atoms with Crippen LogP contribution < -0.4 is 23.8 Å². The number of rotatable bonds is 9. The van der Waals surface area contributed by atoms with E-state index < -0.39 is 16.1 Å². The van der Waals surface area contributed by atoms with Gasteiger partial charge in [-0.3, -0.25) is 4.79 Å². The lowest BCUT2D eigenvalue weighted by molar-refractivity contribution is -0.115. The first-order valence-corrected chi connectivity index (χ1v) is 13.0. The summed E-state index contributed by atoms with van der Waals surface area (Å²) in [5, 5.41) is 5.52. The number of para-hydroxylation sites is 1. The molecule has 0 aromatic heterocycles. The van der Waals surface area contributed by atoms with E-state index in [4.69, 9.17) is 24.1 Å². The smallest absolute Gasteiger partial charge is 0.305 e. The lowest BCUT2D eigenvalue weighted by Gasteiger charge is -2.37. The maximum absolute atomic E-state index is 12.6. The Morgan fingerprint density at radius 2 is 1.51 bits per heavy atom. The van der Waals surface area contributed by atoms with Crippen molar-refractivity contribution in [1.29, 1.82) is 0 Å². The van der Waals surface area contributed by atoms with E-state index in [2.05, 4.69) is 4.90 Å². The van der Waals surface area contributed by atoms with E-state index in [0.717, 1.165) is 20.0 Å². The molecule has 202 valence electrons. The van der Waals surface area contributed by atoms with Crippen LogP contribution in [0.5, 0.6) is 11.5 Å². The van der Waals surface area contributed by atoms with E-state index in [1.807, 2.05) is 24.1 Å². The number of carbonyl (C=O) groups excluding carboxylic acids is 1. The zero-order valence-electron chi connectivity index (χ0n) is 22.0. The average molecular weight is 535 g/mol. The number of nitrogens with two attached hydrogens (primary N) is 1. The van der Waals surface area contributed by atoms with Gasteiger partial charge in [0.25, 0.3) is 0 Å². The summed E-state index contributed by atoms with van der Waals surface area (Å²) in [6, 6.07) is 10.5. The van der Waals surface area contributed by atoms with Crippen molar-refractivity contribution in [3.63, 3.8) is 0 Å². The van der Waals surface area contributed by atoms with E-state index in [1.54, 1.807) is 25.3 Å². The molecule has 1 saturated heterocycles. The summed E-state index contributed by atoms with van der Waals surface area (Å²) in [7, 11) is 3.51. The number of hydrogen-bond acceptors (Lipinski definition) is 9. The van der Waals surface area contributed by atoms with Crippen molar-refractivity contribution in [2.24, 2.45) is 5.14 Å². The molecule has 0 bridgehead atoms. The van der Waals surface area contributed by atoms with Crippen LogP contribution >= 0.6 is 0 Å². The Bertz CT molecular complexity index is 1270. The topological polar surface area (TPSA) is 124 Å². The quantitative estimate of drug-likeness (QED) is 0.381. The van der Waals surface area contributed by atoms with Crippen LogP contribution in [-0.2, 0) is 24.5 Å². The molecule has 2 aromatic rings. The third-order valence-corrected chi connectivity index (χ3v) is 7.04. The summed E-state index contributed by atoms with van der Waals surface area (Å²) >= 11 is 0. The van der Waals surface area contributed by atoms with Crippen molar-refractivity contribution < 1.29 is 32.2 Å². The number of likely N-dealkylation sites (N-methyl/N-ethyl adjacent to an activating group) is 1. The molecule has 0 aliphatic carbocycles. The summed E-state index contributed by atoms with van der Waals surface area (Å²) in [5.74, 6) is 0.735. The van der Waals surface area contributed by atoms with Crippen LogP contribution in [0, 0.1) is 0 Å². The number of carbonyl (C=O) groups is 1. The summed E-state index contributed by atoms with van der Waals surface area (Å²) in [5.41, 5.74) is 1.52. The van der Waals surface area contributed by atoms with E-state index in [9.17, 15) is 13.2 Å². The van der Waals surface area contributed by atoms with Crippen LogP contribution in [-0.4, -0.2) is 80.9 Å². The highest BCUT2D eigenvalue weighted by atomic mass is 32.2. The number of piperazine rings is 1. The minimum Gasteiger partial charge on any atom is -0.496 e. The normalized spacial score (nSPS) is 15.1. The third-order valence-electron chi connectivity index (χ3n) is 6.08. The monoisotopic (exact) mass is 534 g/mol. The second kappa shape index (κ2) is 11.7. The molecule has 11 nitrogen and oxygen atoms in total. The molecule has 0 spiro atoms. The van der Waals surface area contributed by atoms with Crippen LogP contribution in [0.15, 0.2) is 36.4 Å². The standard InChI is InChI=1S/C25H34N4O7S/c1-17(30)29(37(26,31)32)20-15-18(16-22(34-4)23(20)28-13-11-27(2)12-14-28)24(35-5)25(36-6)19-9-7-8-10-21(19)33-3/h7-10,15-16H,11-14H2,1-6H3,(H2,26,31,32). The number of hydrogen-bond donors (Lipinski definition) is 1. The van der Waals surface area contributed by atoms with Crippen LogP contribution in [0.2, 0.25) is 0 Å². The second-order valence-corrected chi connectivity index (χ2v) is 9.83. The highest BCUT2D eigenvalue weighted by Gasteiger charge is 2.32. The molecule has 1 aliphatic rings. The van der Waals surface area contributed by atoms with Crippen LogP contribution in [0.25, 0.3) is 11.5 Å². The lowest BCUT2D eigenvalue weighted by atomic mass is 10.0. The lowest BCUT2D eigenvalue weighted by Crippen LogP contribution is -2.46. The summed E-state index contributed by atoms with van der Waals surface area (Å²) in [6.45, 7) is 3.80. The molecule has 0 atom stereocenters. The van der Waals surface area contributed by atoms with Gasteiger partial charge in [-0.25, -0.2) is 5.14 Å². The molecule has 0 radical (unpaired) electrons. The first-order valence-electron chi connectivity index (χ1n) is 11.5. The van der Waals surface area contributed by atoms with Crippen molar-refractivity contribution >= 4 is 39.0 Å². The minimum atomic E-state index is -4.47. The molecule has 1 amide bonds. The molecule has 12 heteroatoms. The SMILES string of the molecule is COC(=C(OC)c1ccccc1OC)c1cc(OC)c(N2CCN(C)CC2)c(N(C(C)=O)S(N)(=O)=O)c1. The van der Waals surface area contributed by atoms with Gasteiger partial charge in [0.2, 0.25) is 5.91 Å². The van der Waals surface area contributed by atoms with Crippen molar-refractivity contribution in [1.82, 2.24) is 4.90 Å². The van der Waals surface area contributed by atoms with Gasteiger partial charge in [-0.2, -0.15) is 12.7 Å². The Labute approximate surface area is 218 Å². The minimum absolute atomic E-state index is 0.0546. The largest absolute Gasteiger partial charge is 0.496 e. The Kier molecular flexibility index (Phi) is 8.89.